The molecule has 2 rings (SSSR count). The lowest BCUT2D eigenvalue weighted by Gasteiger charge is -2.36. The normalized spacial score (nSPS) is 20.0. The zero-order chi connectivity index (χ0) is 13.8. The molecule has 1 aromatic heterocycles. The minimum Gasteiger partial charge on any atom is -0.340 e. The molecule has 2 heterocycles. The van der Waals surface area contributed by atoms with Crippen LogP contribution in [0.25, 0.3) is 0 Å². The van der Waals surface area contributed by atoms with Gasteiger partial charge in [0.2, 0.25) is 5.91 Å². The summed E-state index contributed by atoms with van der Waals surface area (Å²) >= 11 is 0. The van der Waals surface area contributed by atoms with Crippen molar-refractivity contribution >= 4 is 5.91 Å². The summed E-state index contributed by atoms with van der Waals surface area (Å²) in [6.07, 6.45) is 3.93. The molecule has 1 aromatic rings. The number of nitrogens with two attached hydrogens (primary N) is 1. The van der Waals surface area contributed by atoms with E-state index in [-0.39, 0.29) is 12.5 Å². The Morgan fingerprint density at radius 3 is 3.00 bits per heavy atom. The van der Waals surface area contributed by atoms with Gasteiger partial charge >= 0.3 is 0 Å². The monoisotopic (exact) mass is 266 g/mol. The van der Waals surface area contributed by atoms with E-state index in [0.717, 1.165) is 25.9 Å². The summed E-state index contributed by atoms with van der Waals surface area (Å²) in [5, 5.41) is 7.79. The highest BCUT2D eigenvalue weighted by Gasteiger charge is 2.24. The second kappa shape index (κ2) is 6.12. The first-order valence-corrected chi connectivity index (χ1v) is 6.63. The van der Waals surface area contributed by atoms with Crippen molar-refractivity contribution in [2.45, 2.75) is 32.0 Å². The van der Waals surface area contributed by atoms with Crippen molar-refractivity contribution in [3.05, 3.63) is 11.9 Å². The Balaban J connectivity index is 1.92. The third-order valence-corrected chi connectivity index (χ3v) is 3.57. The van der Waals surface area contributed by atoms with Crippen molar-refractivity contribution in [2.75, 3.05) is 27.2 Å². The molecule has 0 bridgehead atoms. The Morgan fingerprint density at radius 1 is 1.58 bits per heavy atom. The lowest BCUT2D eigenvalue weighted by Crippen LogP contribution is -2.48. The second-order valence-corrected chi connectivity index (χ2v) is 5.21. The fourth-order valence-corrected chi connectivity index (χ4v) is 2.35. The Morgan fingerprint density at radius 2 is 2.37 bits per heavy atom. The van der Waals surface area contributed by atoms with Crippen LogP contribution in [-0.4, -0.2) is 63.9 Å². The second-order valence-electron chi connectivity index (χ2n) is 5.21. The summed E-state index contributed by atoms with van der Waals surface area (Å²) < 4.78 is 1.56. The third kappa shape index (κ3) is 3.51. The van der Waals surface area contributed by atoms with Gasteiger partial charge < -0.3 is 15.5 Å². The summed E-state index contributed by atoms with van der Waals surface area (Å²) in [6, 6.07) is 0.452. The quantitative estimate of drug-likeness (QED) is 0.778. The highest BCUT2D eigenvalue weighted by molar-refractivity contribution is 5.76. The summed E-state index contributed by atoms with van der Waals surface area (Å²) in [4.78, 5) is 16.3. The maximum atomic E-state index is 12.2. The average Bonchev–Trinajstić information content (AvgIpc) is 2.86. The van der Waals surface area contributed by atoms with Crippen LogP contribution in [0.2, 0.25) is 0 Å². The molecule has 1 atom stereocenters. The van der Waals surface area contributed by atoms with E-state index in [0.29, 0.717) is 18.3 Å². The largest absolute Gasteiger partial charge is 0.340 e. The standard InChI is InChI=1S/C12H22N6O/c1-16(2)11-4-3-5-17(8-11)12(19)9-18-7-10(6-13)14-15-18/h7,11H,3-6,8-9,13H2,1-2H3. The number of carbonyl (C=O) groups excluding carboxylic acids is 1. The number of hydrogen-bond donors (Lipinski definition) is 1. The van der Waals surface area contributed by atoms with Gasteiger partial charge in [0.25, 0.3) is 0 Å². The summed E-state index contributed by atoms with van der Waals surface area (Å²) in [6.45, 7) is 2.22. The summed E-state index contributed by atoms with van der Waals surface area (Å²) in [5.74, 6) is 0.0972. The highest BCUT2D eigenvalue weighted by atomic mass is 16.2. The fourth-order valence-electron chi connectivity index (χ4n) is 2.35. The van der Waals surface area contributed by atoms with E-state index in [2.05, 4.69) is 29.3 Å². The summed E-state index contributed by atoms with van der Waals surface area (Å²) in [5.41, 5.74) is 6.18. The van der Waals surface area contributed by atoms with Crippen molar-refractivity contribution < 1.29 is 4.79 Å². The molecule has 0 spiro atoms. The van der Waals surface area contributed by atoms with Gasteiger partial charge in [-0.25, -0.2) is 4.68 Å². The van der Waals surface area contributed by atoms with Gasteiger partial charge in [-0.3, -0.25) is 4.79 Å². The van der Waals surface area contributed by atoms with Crippen LogP contribution in [0, 0.1) is 0 Å². The Hall–Kier alpha value is -1.47. The number of nitrogens with zero attached hydrogens (tertiary/aromatic N) is 5. The molecule has 7 heteroatoms. The lowest BCUT2D eigenvalue weighted by atomic mass is 10.0. The van der Waals surface area contributed by atoms with E-state index in [9.17, 15) is 4.79 Å². The predicted octanol–water partition coefficient (Wildman–Crippen LogP) is -0.711. The smallest absolute Gasteiger partial charge is 0.244 e. The molecule has 0 aliphatic carbocycles. The van der Waals surface area contributed by atoms with Crippen molar-refractivity contribution in [3.8, 4) is 0 Å². The van der Waals surface area contributed by atoms with Crippen molar-refractivity contribution in [1.29, 1.82) is 0 Å². The van der Waals surface area contributed by atoms with Crippen LogP contribution in [0.4, 0.5) is 0 Å². The fraction of sp³-hybridized carbons (Fsp3) is 0.750. The van der Waals surface area contributed by atoms with Gasteiger partial charge in [-0.05, 0) is 26.9 Å². The first-order valence-electron chi connectivity index (χ1n) is 6.63. The van der Waals surface area contributed by atoms with Crippen LogP contribution < -0.4 is 5.73 Å². The van der Waals surface area contributed by atoms with E-state index < -0.39 is 0 Å². The molecule has 2 N–H and O–H groups in total. The van der Waals surface area contributed by atoms with Gasteiger partial charge in [0.15, 0.2) is 0 Å². The van der Waals surface area contributed by atoms with Gasteiger partial charge in [0.1, 0.15) is 6.54 Å². The molecule has 0 saturated carbocycles. The molecule has 1 fully saturated rings. The van der Waals surface area contributed by atoms with Gasteiger partial charge in [-0.15, -0.1) is 5.10 Å². The number of carbonyl (C=O) groups is 1. The predicted molar refractivity (Wildman–Crippen MR) is 71.2 cm³/mol. The minimum atomic E-state index is 0.0972. The zero-order valence-electron chi connectivity index (χ0n) is 11.6. The van der Waals surface area contributed by atoms with E-state index >= 15 is 0 Å². The molecule has 19 heavy (non-hydrogen) atoms. The third-order valence-electron chi connectivity index (χ3n) is 3.57. The van der Waals surface area contributed by atoms with Gasteiger partial charge in [-0.1, -0.05) is 5.21 Å². The van der Waals surface area contributed by atoms with E-state index in [4.69, 9.17) is 5.73 Å². The van der Waals surface area contributed by atoms with E-state index in [1.165, 1.54) is 0 Å². The number of piperidine rings is 1. The highest BCUT2D eigenvalue weighted by Crippen LogP contribution is 2.14. The van der Waals surface area contributed by atoms with Crippen LogP contribution in [0.1, 0.15) is 18.5 Å². The van der Waals surface area contributed by atoms with Crippen LogP contribution in [0.15, 0.2) is 6.20 Å². The molecule has 1 aliphatic heterocycles. The Kier molecular flexibility index (Phi) is 4.49. The van der Waals surface area contributed by atoms with Gasteiger partial charge in [0, 0.05) is 25.7 Å². The molecule has 7 nitrogen and oxygen atoms in total. The van der Waals surface area contributed by atoms with Crippen LogP contribution in [-0.2, 0) is 17.9 Å². The molecule has 106 valence electrons. The number of likely N-dealkylation sites (N-methyl/N-ethyl adjacent to an activating group) is 1. The van der Waals surface area contributed by atoms with Crippen LogP contribution >= 0.6 is 0 Å². The molecule has 1 amide bonds. The topological polar surface area (TPSA) is 80.3 Å². The molecule has 1 saturated heterocycles. The number of amides is 1. The molecule has 1 unspecified atom stereocenters. The van der Waals surface area contributed by atoms with Crippen LogP contribution in [0.5, 0.6) is 0 Å². The zero-order valence-corrected chi connectivity index (χ0v) is 11.6. The number of rotatable bonds is 4. The Bertz CT molecular complexity index is 430. The molecular weight excluding hydrogens is 244 g/mol. The van der Waals surface area contributed by atoms with Gasteiger partial charge in [-0.2, -0.15) is 0 Å². The average molecular weight is 266 g/mol. The molecular formula is C12H22N6O. The lowest BCUT2D eigenvalue weighted by molar-refractivity contribution is -0.134. The summed E-state index contributed by atoms with van der Waals surface area (Å²) in [7, 11) is 4.12. The Labute approximate surface area is 113 Å². The maximum Gasteiger partial charge on any atom is 0.244 e. The maximum absolute atomic E-state index is 12.2. The SMILES string of the molecule is CN(C)C1CCCN(C(=O)Cn2cc(CN)nn2)C1. The van der Waals surface area contributed by atoms with Crippen LogP contribution in [0.3, 0.4) is 0 Å². The van der Waals surface area contributed by atoms with E-state index in [1.807, 2.05) is 4.90 Å². The van der Waals surface area contributed by atoms with Gasteiger partial charge in [0.05, 0.1) is 11.9 Å². The first kappa shape index (κ1) is 14.0. The molecule has 1 aliphatic rings. The van der Waals surface area contributed by atoms with E-state index in [1.54, 1.807) is 10.9 Å². The van der Waals surface area contributed by atoms with Crippen molar-refractivity contribution in [3.63, 3.8) is 0 Å². The van der Waals surface area contributed by atoms with Crippen molar-refractivity contribution in [1.82, 2.24) is 24.8 Å². The van der Waals surface area contributed by atoms with Crippen molar-refractivity contribution in [2.24, 2.45) is 5.73 Å². The molecule has 0 radical (unpaired) electrons. The number of hydrogen-bond acceptors (Lipinski definition) is 5. The minimum absolute atomic E-state index is 0.0972. The first-order chi connectivity index (χ1) is 9.10. The molecule has 0 aromatic carbocycles. The number of aromatic nitrogens is 3. The number of likely N-dealkylation sites (tertiary alicyclic amines) is 1.